The molecule has 0 aliphatic carbocycles. The van der Waals surface area contributed by atoms with E-state index in [0.717, 1.165) is 22.6 Å². The van der Waals surface area contributed by atoms with Crippen LogP contribution in [0.15, 0.2) is 53.9 Å². The molecule has 3 rings (SSSR count). The minimum atomic E-state index is -0.259. The van der Waals surface area contributed by atoms with Crippen LogP contribution in [0.4, 0.5) is 5.13 Å². The molecule has 0 aliphatic rings. The van der Waals surface area contributed by atoms with Gasteiger partial charge in [0.15, 0.2) is 16.6 Å². The lowest BCUT2D eigenvalue weighted by Gasteiger charge is -2.07. The van der Waals surface area contributed by atoms with Crippen LogP contribution in [0.5, 0.6) is 17.2 Å². The Kier molecular flexibility index (Phi) is 6.29. The summed E-state index contributed by atoms with van der Waals surface area (Å²) < 4.78 is 15.6. The van der Waals surface area contributed by atoms with Gasteiger partial charge in [0.25, 0.3) is 0 Å². The second-order valence-corrected chi connectivity index (χ2v) is 6.56. The predicted octanol–water partition coefficient (Wildman–Crippen LogP) is 4.49. The van der Waals surface area contributed by atoms with E-state index in [-0.39, 0.29) is 5.91 Å². The summed E-state index contributed by atoms with van der Waals surface area (Å²) in [4.78, 5) is 16.6. The van der Waals surface area contributed by atoms with Crippen LogP contribution in [-0.2, 0) is 4.79 Å². The number of ether oxygens (including phenoxy) is 3. The van der Waals surface area contributed by atoms with Crippen molar-refractivity contribution >= 4 is 28.5 Å². The molecule has 0 spiro atoms. The summed E-state index contributed by atoms with van der Waals surface area (Å²) in [6.45, 7) is 0. The van der Waals surface area contributed by atoms with E-state index in [0.29, 0.717) is 16.6 Å². The number of carbonyl (C=O) groups is 1. The first-order chi connectivity index (χ1) is 13.6. The Balaban J connectivity index is 1.65. The zero-order valence-electron chi connectivity index (χ0n) is 15.8. The van der Waals surface area contributed by atoms with E-state index >= 15 is 0 Å². The number of methoxy groups -OCH3 is 3. The van der Waals surface area contributed by atoms with E-state index in [1.165, 1.54) is 17.4 Å². The van der Waals surface area contributed by atoms with Crippen LogP contribution in [0.1, 0.15) is 5.56 Å². The molecule has 0 saturated heterocycles. The molecule has 1 amide bonds. The molecule has 1 N–H and O–H groups in total. The maximum atomic E-state index is 12.2. The van der Waals surface area contributed by atoms with Crippen molar-refractivity contribution in [2.24, 2.45) is 0 Å². The topological polar surface area (TPSA) is 69.7 Å². The van der Waals surface area contributed by atoms with Crippen LogP contribution in [0.25, 0.3) is 17.3 Å². The number of amides is 1. The van der Waals surface area contributed by atoms with E-state index < -0.39 is 0 Å². The molecule has 0 bridgehead atoms. The molecule has 144 valence electrons. The number of benzene rings is 2. The summed E-state index contributed by atoms with van der Waals surface area (Å²) in [6, 6.07) is 13.0. The third-order valence-electron chi connectivity index (χ3n) is 3.95. The van der Waals surface area contributed by atoms with Crippen molar-refractivity contribution in [3.63, 3.8) is 0 Å². The molecule has 28 heavy (non-hydrogen) atoms. The highest BCUT2D eigenvalue weighted by atomic mass is 32.1. The van der Waals surface area contributed by atoms with Gasteiger partial charge < -0.3 is 14.2 Å². The summed E-state index contributed by atoms with van der Waals surface area (Å²) in [5, 5.41) is 5.21. The first-order valence-electron chi connectivity index (χ1n) is 8.44. The van der Waals surface area contributed by atoms with Gasteiger partial charge in [-0.05, 0) is 48.0 Å². The molecule has 3 aromatic rings. The van der Waals surface area contributed by atoms with Crippen LogP contribution in [0.3, 0.4) is 0 Å². The maximum absolute atomic E-state index is 12.2. The number of carbonyl (C=O) groups excluding carboxylic acids is 1. The second-order valence-electron chi connectivity index (χ2n) is 5.70. The van der Waals surface area contributed by atoms with Crippen LogP contribution >= 0.6 is 11.3 Å². The number of thiazole rings is 1. The molecule has 0 unspecified atom stereocenters. The van der Waals surface area contributed by atoms with Crippen molar-refractivity contribution in [1.82, 2.24) is 4.98 Å². The van der Waals surface area contributed by atoms with Gasteiger partial charge in [-0.2, -0.15) is 0 Å². The normalized spacial score (nSPS) is 10.7. The molecule has 7 heteroatoms. The van der Waals surface area contributed by atoms with E-state index in [9.17, 15) is 4.79 Å². The van der Waals surface area contributed by atoms with Crippen LogP contribution in [0, 0.1) is 0 Å². The fourth-order valence-corrected chi connectivity index (χ4v) is 3.22. The largest absolute Gasteiger partial charge is 0.497 e. The number of nitrogens with zero attached hydrogens (tertiary/aromatic N) is 1. The average Bonchev–Trinajstić information content (AvgIpc) is 3.20. The van der Waals surface area contributed by atoms with Crippen LogP contribution < -0.4 is 19.5 Å². The molecular formula is C21H20N2O4S. The fourth-order valence-electron chi connectivity index (χ4n) is 2.50. The van der Waals surface area contributed by atoms with Crippen molar-refractivity contribution in [3.8, 4) is 28.5 Å². The standard InChI is InChI=1S/C21H20N2O4S/c1-25-16-8-6-15(7-9-16)17-13-28-21(22-17)23-20(24)11-5-14-4-10-18(26-2)19(12-14)27-3/h4-13H,1-3H3,(H,22,23,24). The van der Waals surface area contributed by atoms with Crippen LogP contribution in [0.2, 0.25) is 0 Å². The average molecular weight is 396 g/mol. The number of rotatable bonds is 7. The molecule has 1 heterocycles. The number of hydrogen-bond acceptors (Lipinski definition) is 6. The lowest BCUT2D eigenvalue weighted by Crippen LogP contribution is -2.07. The monoisotopic (exact) mass is 396 g/mol. The van der Waals surface area contributed by atoms with Gasteiger partial charge in [-0.3, -0.25) is 10.1 Å². The van der Waals surface area contributed by atoms with E-state index in [1.54, 1.807) is 39.5 Å². The van der Waals surface area contributed by atoms with Gasteiger partial charge in [-0.1, -0.05) is 6.07 Å². The van der Waals surface area contributed by atoms with Gasteiger partial charge >= 0.3 is 0 Å². The highest BCUT2D eigenvalue weighted by Gasteiger charge is 2.07. The lowest BCUT2D eigenvalue weighted by molar-refractivity contribution is -0.111. The summed E-state index contributed by atoms with van der Waals surface area (Å²) in [7, 11) is 4.77. The third kappa shape index (κ3) is 4.69. The van der Waals surface area contributed by atoms with Crippen molar-refractivity contribution in [2.45, 2.75) is 0 Å². The van der Waals surface area contributed by atoms with Gasteiger partial charge in [-0.15, -0.1) is 11.3 Å². The van der Waals surface area contributed by atoms with E-state index in [1.807, 2.05) is 35.7 Å². The molecule has 2 aromatic carbocycles. The SMILES string of the molecule is COc1ccc(-c2csc(NC(=O)C=Cc3ccc(OC)c(OC)c3)n2)cc1. The minimum Gasteiger partial charge on any atom is -0.497 e. The van der Waals surface area contributed by atoms with Gasteiger partial charge in [0.1, 0.15) is 5.75 Å². The Labute approximate surface area is 167 Å². The molecule has 1 aromatic heterocycles. The zero-order chi connectivity index (χ0) is 19.9. The fraction of sp³-hybridized carbons (Fsp3) is 0.143. The van der Waals surface area contributed by atoms with Crippen LogP contribution in [-0.4, -0.2) is 32.2 Å². The third-order valence-corrected chi connectivity index (χ3v) is 4.71. The highest BCUT2D eigenvalue weighted by molar-refractivity contribution is 7.14. The lowest BCUT2D eigenvalue weighted by atomic mass is 10.2. The number of anilines is 1. The molecule has 0 fully saturated rings. The molecular weight excluding hydrogens is 376 g/mol. The van der Waals surface area contributed by atoms with Crippen molar-refractivity contribution in [3.05, 3.63) is 59.5 Å². The number of nitrogens with one attached hydrogen (secondary N) is 1. The molecule has 0 aliphatic heterocycles. The summed E-state index contributed by atoms with van der Waals surface area (Å²) in [5.41, 5.74) is 2.58. The van der Waals surface area contributed by atoms with Crippen molar-refractivity contribution in [1.29, 1.82) is 0 Å². The Morgan fingerprint density at radius 1 is 1.00 bits per heavy atom. The predicted molar refractivity (Wildman–Crippen MR) is 111 cm³/mol. The Hall–Kier alpha value is -3.32. The Morgan fingerprint density at radius 3 is 2.43 bits per heavy atom. The summed E-state index contributed by atoms with van der Waals surface area (Å²) in [5.74, 6) is 1.77. The van der Waals surface area contributed by atoms with Gasteiger partial charge in [0, 0.05) is 17.0 Å². The smallest absolute Gasteiger partial charge is 0.250 e. The van der Waals surface area contributed by atoms with Gasteiger partial charge in [0.2, 0.25) is 5.91 Å². The van der Waals surface area contributed by atoms with Gasteiger partial charge in [-0.25, -0.2) is 4.98 Å². The zero-order valence-corrected chi connectivity index (χ0v) is 16.6. The summed E-state index contributed by atoms with van der Waals surface area (Å²) >= 11 is 1.37. The first-order valence-corrected chi connectivity index (χ1v) is 9.32. The second kappa shape index (κ2) is 9.05. The molecule has 0 saturated carbocycles. The minimum absolute atomic E-state index is 0.259. The summed E-state index contributed by atoms with van der Waals surface area (Å²) in [6.07, 6.45) is 3.16. The highest BCUT2D eigenvalue weighted by Crippen LogP contribution is 2.28. The Morgan fingerprint density at radius 2 is 1.75 bits per heavy atom. The van der Waals surface area contributed by atoms with E-state index in [2.05, 4.69) is 10.3 Å². The first kappa shape index (κ1) is 19.4. The van der Waals surface area contributed by atoms with E-state index in [4.69, 9.17) is 14.2 Å². The maximum Gasteiger partial charge on any atom is 0.250 e. The van der Waals surface area contributed by atoms with Crippen molar-refractivity contribution < 1.29 is 19.0 Å². The quantitative estimate of drug-likeness (QED) is 0.596. The molecule has 0 atom stereocenters. The number of hydrogen-bond donors (Lipinski definition) is 1. The molecule has 6 nitrogen and oxygen atoms in total. The van der Waals surface area contributed by atoms with Crippen molar-refractivity contribution in [2.75, 3.05) is 26.6 Å². The Bertz CT molecular complexity index is 980. The number of aromatic nitrogens is 1. The molecule has 0 radical (unpaired) electrons. The van der Waals surface area contributed by atoms with Gasteiger partial charge in [0.05, 0.1) is 27.0 Å².